The van der Waals surface area contributed by atoms with E-state index in [-0.39, 0.29) is 11.8 Å². The van der Waals surface area contributed by atoms with Crippen molar-refractivity contribution in [2.45, 2.75) is 6.92 Å². The highest BCUT2D eigenvalue weighted by molar-refractivity contribution is 6.31. The molecule has 1 aromatic carbocycles. The van der Waals surface area contributed by atoms with Gasteiger partial charge in [-0.05, 0) is 38.2 Å². The third-order valence-corrected chi connectivity index (χ3v) is 3.47. The van der Waals surface area contributed by atoms with Crippen LogP contribution in [0.15, 0.2) is 34.9 Å². The topological polar surface area (TPSA) is 83.4 Å². The largest absolute Gasteiger partial charge is 0.469 e. The molecule has 3 N–H and O–H groups in total. The second-order valence-corrected chi connectivity index (χ2v) is 5.33. The lowest BCUT2D eigenvalue weighted by molar-refractivity contribution is 0.0955. The summed E-state index contributed by atoms with van der Waals surface area (Å²) in [6.45, 7) is 2.82. The number of amides is 2. The van der Waals surface area contributed by atoms with Crippen LogP contribution >= 0.6 is 11.6 Å². The summed E-state index contributed by atoms with van der Waals surface area (Å²) in [7, 11) is 1.80. The van der Waals surface area contributed by atoms with Gasteiger partial charge in [0.25, 0.3) is 11.8 Å². The quantitative estimate of drug-likeness (QED) is 0.708. The molecule has 0 bridgehead atoms. The van der Waals surface area contributed by atoms with E-state index in [4.69, 9.17) is 16.0 Å². The summed E-state index contributed by atoms with van der Waals surface area (Å²) in [5, 5.41) is 8.84. The van der Waals surface area contributed by atoms with Crippen LogP contribution in [-0.2, 0) is 0 Å². The minimum atomic E-state index is -0.359. The van der Waals surface area contributed by atoms with Crippen LogP contribution in [0.4, 0.5) is 5.69 Å². The second-order valence-electron chi connectivity index (χ2n) is 4.89. The lowest BCUT2D eigenvalue weighted by Gasteiger charge is -2.12. The van der Waals surface area contributed by atoms with Gasteiger partial charge in [-0.3, -0.25) is 9.59 Å². The average Bonchev–Trinajstić information content (AvgIpc) is 2.93. The summed E-state index contributed by atoms with van der Waals surface area (Å²) >= 11 is 5.98. The van der Waals surface area contributed by atoms with Gasteiger partial charge < -0.3 is 20.4 Å². The van der Waals surface area contributed by atoms with E-state index >= 15 is 0 Å². The summed E-state index contributed by atoms with van der Waals surface area (Å²) in [5.74, 6) is -0.136. The number of nitrogens with one attached hydrogen (secondary N) is 3. The maximum Gasteiger partial charge on any atom is 0.259 e. The van der Waals surface area contributed by atoms with Crippen molar-refractivity contribution in [1.29, 1.82) is 0 Å². The minimum absolute atomic E-state index is 0.281. The van der Waals surface area contributed by atoms with Gasteiger partial charge in [-0.1, -0.05) is 11.6 Å². The minimum Gasteiger partial charge on any atom is -0.469 e. The van der Waals surface area contributed by atoms with Gasteiger partial charge in [0.05, 0.1) is 23.1 Å². The van der Waals surface area contributed by atoms with E-state index in [1.54, 1.807) is 38.2 Å². The zero-order valence-electron chi connectivity index (χ0n) is 12.9. The summed E-state index contributed by atoms with van der Waals surface area (Å²) in [6, 6.07) is 6.30. The standard InChI is InChI=1S/C16H18ClN3O3/c1-10-12(5-8-23-10)16(22)20-14-9-11(17)3-4-13(14)15(21)19-7-6-18-2/h3-5,8-9,18H,6-7H2,1-2H3,(H,19,21)(H,20,22). The summed E-state index contributed by atoms with van der Waals surface area (Å²) in [6.07, 6.45) is 1.44. The first-order valence-electron chi connectivity index (χ1n) is 7.10. The molecule has 1 aromatic heterocycles. The van der Waals surface area contributed by atoms with Crippen LogP contribution < -0.4 is 16.0 Å². The summed E-state index contributed by atoms with van der Waals surface area (Å²) in [5.41, 5.74) is 1.11. The van der Waals surface area contributed by atoms with E-state index in [2.05, 4.69) is 16.0 Å². The number of aryl methyl sites for hydroxylation is 1. The number of benzene rings is 1. The first kappa shape index (κ1) is 17.1. The number of anilines is 1. The molecule has 1 heterocycles. The lowest BCUT2D eigenvalue weighted by Crippen LogP contribution is -2.31. The Balaban J connectivity index is 2.20. The fraction of sp³-hybridized carbons (Fsp3) is 0.250. The van der Waals surface area contributed by atoms with Gasteiger partial charge in [-0.2, -0.15) is 0 Å². The van der Waals surface area contributed by atoms with Crippen LogP contribution in [0.2, 0.25) is 5.02 Å². The Labute approximate surface area is 139 Å². The molecule has 6 nitrogen and oxygen atoms in total. The van der Waals surface area contributed by atoms with Crippen molar-refractivity contribution in [2.24, 2.45) is 0 Å². The van der Waals surface area contributed by atoms with E-state index < -0.39 is 0 Å². The number of halogens is 1. The molecule has 0 spiro atoms. The molecule has 2 aromatic rings. The molecule has 0 aliphatic rings. The number of rotatable bonds is 6. The summed E-state index contributed by atoms with van der Waals surface area (Å²) < 4.78 is 5.12. The number of hydrogen-bond donors (Lipinski definition) is 3. The van der Waals surface area contributed by atoms with E-state index in [0.29, 0.717) is 40.7 Å². The predicted molar refractivity (Wildman–Crippen MR) is 89.1 cm³/mol. The molecular weight excluding hydrogens is 318 g/mol. The Hall–Kier alpha value is -2.31. The Bertz CT molecular complexity index is 712. The molecule has 0 unspecified atom stereocenters. The fourth-order valence-corrected chi connectivity index (χ4v) is 2.20. The lowest BCUT2D eigenvalue weighted by atomic mass is 10.1. The van der Waals surface area contributed by atoms with Gasteiger partial charge in [0.15, 0.2) is 0 Å². The molecular formula is C16H18ClN3O3. The Morgan fingerprint density at radius 1 is 1.13 bits per heavy atom. The van der Waals surface area contributed by atoms with Gasteiger partial charge in [-0.15, -0.1) is 0 Å². The third kappa shape index (κ3) is 4.34. The second kappa shape index (κ2) is 7.80. The molecule has 23 heavy (non-hydrogen) atoms. The fourth-order valence-electron chi connectivity index (χ4n) is 2.02. The molecule has 0 saturated heterocycles. The number of carbonyl (C=O) groups excluding carboxylic acids is 2. The van der Waals surface area contributed by atoms with Crippen molar-refractivity contribution < 1.29 is 14.0 Å². The highest BCUT2D eigenvalue weighted by Gasteiger charge is 2.17. The number of hydrogen-bond acceptors (Lipinski definition) is 4. The van der Waals surface area contributed by atoms with E-state index in [9.17, 15) is 9.59 Å². The van der Waals surface area contributed by atoms with Crippen molar-refractivity contribution in [3.05, 3.63) is 52.4 Å². The van der Waals surface area contributed by atoms with Gasteiger partial charge >= 0.3 is 0 Å². The maximum absolute atomic E-state index is 12.3. The van der Waals surface area contributed by atoms with Crippen molar-refractivity contribution in [3.8, 4) is 0 Å². The molecule has 0 atom stereocenters. The molecule has 122 valence electrons. The van der Waals surface area contributed by atoms with Gasteiger partial charge in [0.2, 0.25) is 0 Å². The molecule has 0 saturated carbocycles. The monoisotopic (exact) mass is 335 g/mol. The Morgan fingerprint density at radius 3 is 2.57 bits per heavy atom. The summed E-state index contributed by atoms with van der Waals surface area (Å²) in [4.78, 5) is 24.5. The van der Waals surface area contributed by atoms with Crippen LogP contribution in [0.1, 0.15) is 26.5 Å². The van der Waals surface area contributed by atoms with Crippen molar-refractivity contribution in [3.63, 3.8) is 0 Å². The van der Waals surface area contributed by atoms with Crippen molar-refractivity contribution in [1.82, 2.24) is 10.6 Å². The van der Waals surface area contributed by atoms with Crippen LogP contribution in [0, 0.1) is 6.92 Å². The SMILES string of the molecule is CNCCNC(=O)c1ccc(Cl)cc1NC(=O)c1ccoc1C. The van der Waals surface area contributed by atoms with Crippen molar-refractivity contribution >= 4 is 29.1 Å². The van der Waals surface area contributed by atoms with Crippen molar-refractivity contribution in [2.75, 3.05) is 25.5 Å². The molecule has 0 aliphatic heterocycles. The van der Waals surface area contributed by atoms with Gasteiger partial charge in [0, 0.05) is 18.1 Å². The predicted octanol–water partition coefficient (Wildman–Crippen LogP) is 2.44. The smallest absolute Gasteiger partial charge is 0.259 e. The molecule has 0 fully saturated rings. The Kier molecular flexibility index (Phi) is 5.78. The van der Waals surface area contributed by atoms with Crippen LogP contribution in [-0.4, -0.2) is 32.0 Å². The highest BCUT2D eigenvalue weighted by atomic mass is 35.5. The molecule has 0 aliphatic carbocycles. The van der Waals surface area contributed by atoms with Gasteiger partial charge in [0.1, 0.15) is 5.76 Å². The van der Waals surface area contributed by atoms with E-state index in [1.807, 2.05) is 0 Å². The first-order chi connectivity index (χ1) is 11.0. The van der Waals surface area contributed by atoms with Gasteiger partial charge in [-0.25, -0.2) is 0 Å². The average molecular weight is 336 g/mol. The van der Waals surface area contributed by atoms with E-state index in [0.717, 1.165) is 0 Å². The molecule has 0 radical (unpaired) electrons. The highest BCUT2D eigenvalue weighted by Crippen LogP contribution is 2.22. The Morgan fingerprint density at radius 2 is 1.91 bits per heavy atom. The first-order valence-corrected chi connectivity index (χ1v) is 7.48. The van der Waals surface area contributed by atoms with E-state index in [1.165, 1.54) is 6.26 Å². The number of furan rings is 1. The molecule has 2 rings (SSSR count). The number of carbonyl (C=O) groups is 2. The van der Waals surface area contributed by atoms with Crippen LogP contribution in [0.25, 0.3) is 0 Å². The van der Waals surface area contributed by atoms with Crippen LogP contribution in [0.5, 0.6) is 0 Å². The third-order valence-electron chi connectivity index (χ3n) is 3.24. The zero-order chi connectivity index (χ0) is 16.8. The molecule has 7 heteroatoms. The molecule has 2 amide bonds. The maximum atomic E-state index is 12.3. The van der Waals surface area contributed by atoms with Crippen LogP contribution in [0.3, 0.4) is 0 Å². The number of likely N-dealkylation sites (N-methyl/N-ethyl adjacent to an activating group) is 1. The zero-order valence-corrected chi connectivity index (χ0v) is 13.7. The normalized spacial score (nSPS) is 10.4.